The van der Waals surface area contributed by atoms with Crippen molar-refractivity contribution >= 4 is 33.7 Å². The maximum absolute atomic E-state index is 12.7. The molecular formula is C20H24BrN3O3. The van der Waals surface area contributed by atoms with Gasteiger partial charge in [-0.2, -0.15) is 0 Å². The Balaban J connectivity index is 1.30. The molecule has 0 aromatic heterocycles. The maximum Gasteiger partial charge on any atom is 0.234 e. The van der Waals surface area contributed by atoms with Crippen LogP contribution >= 0.6 is 15.9 Å². The summed E-state index contributed by atoms with van der Waals surface area (Å²) < 4.78 is 1.04. The van der Waals surface area contributed by atoms with E-state index in [1.165, 1.54) is 10.5 Å². The zero-order valence-electron chi connectivity index (χ0n) is 15.3. The summed E-state index contributed by atoms with van der Waals surface area (Å²) in [5.41, 5.74) is 1.19. The Morgan fingerprint density at radius 1 is 0.963 bits per heavy atom. The van der Waals surface area contributed by atoms with Crippen molar-refractivity contribution in [1.29, 1.82) is 0 Å². The summed E-state index contributed by atoms with van der Waals surface area (Å²) in [6, 6.07) is 8.15. The van der Waals surface area contributed by atoms with Crippen molar-refractivity contribution in [3.05, 3.63) is 34.3 Å². The molecule has 1 aromatic carbocycles. The molecule has 27 heavy (non-hydrogen) atoms. The molecule has 7 heteroatoms. The summed E-state index contributed by atoms with van der Waals surface area (Å²) in [7, 11) is 0. The fourth-order valence-corrected chi connectivity index (χ4v) is 4.72. The number of hydrogen-bond donors (Lipinski definition) is 0. The van der Waals surface area contributed by atoms with Crippen molar-refractivity contribution in [2.75, 3.05) is 32.7 Å². The van der Waals surface area contributed by atoms with Crippen LogP contribution in [0.4, 0.5) is 0 Å². The first kappa shape index (κ1) is 18.6. The number of likely N-dealkylation sites (tertiary alicyclic amines) is 3. The molecule has 3 aliphatic heterocycles. The van der Waals surface area contributed by atoms with E-state index < -0.39 is 0 Å². The van der Waals surface area contributed by atoms with E-state index in [1.54, 1.807) is 0 Å². The molecule has 3 amide bonds. The van der Waals surface area contributed by atoms with Gasteiger partial charge in [0.05, 0.1) is 11.8 Å². The van der Waals surface area contributed by atoms with Gasteiger partial charge < -0.3 is 4.90 Å². The Hall–Kier alpha value is -1.73. The third-order valence-corrected chi connectivity index (χ3v) is 6.39. The van der Waals surface area contributed by atoms with Crippen molar-refractivity contribution in [3.63, 3.8) is 0 Å². The van der Waals surface area contributed by atoms with Gasteiger partial charge in [-0.05, 0) is 30.5 Å². The lowest BCUT2D eigenvalue weighted by atomic mass is 10.00. The highest BCUT2D eigenvalue weighted by molar-refractivity contribution is 9.10. The molecule has 0 saturated carbocycles. The first-order chi connectivity index (χ1) is 13.0. The Kier molecular flexibility index (Phi) is 5.32. The topological polar surface area (TPSA) is 60.9 Å². The molecule has 6 nitrogen and oxygen atoms in total. The molecule has 0 spiro atoms. The summed E-state index contributed by atoms with van der Waals surface area (Å²) in [5.74, 6) is -0.288. The Morgan fingerprint density at radius 3 is 2.22 bits per heavy atom. The molecule has 144 valence electrons. The van der Waals surface area contributed by atoms with Gasteiger partial charge in [0.15, 0.2) is 0 Å². The minimum absolute atomic E-state index is 0.0314. The van der Waals surface area contributed by atoms with Crippen molar-refractivity contribution in [1.82, 2.24) is 14.7 Å². The number of benzene rings is 1. The second kappa shape index (κ2) is 7.72. The van der Waals surface area contributed by atoms with Gasteiger partial charge in [0.1, 0.15) is 0 Å². The summed E-state index contributed by atoms with van der Waals surface area (Å²) in [5, 5.41) is 0. The van der Waals surface area contributed by atoms with Gasteiger partial charge in [0, 0.05) is 50.2 Å². The van der Waals surface area contributed by atoms with Crippen molar-refractivity contribution in [2.45, 2.75) is 25.8 Å². The standard InChI is InChI=1S/C20H24BrN3O3/c21-15-6-4-14(5-7-15)11-22-12-16-17(13-22)20(27)24(19(16)26)10-2-9-23-8-1-3-18(23)25/h4-7,16-17H,1-3,8-13H2/t16-,17+. The van der Waals surface area contributed by atoms with Crippen molar-refractivity contribution in [2.24, 2.45) is 11.8 Å². The molecule has 0 radical (unpaired) electrons. The van der Waals surface area contributed by atoms with Gasteiger partial charge in [-0.15, -0.1) is 0 Å². The van der Waals surface area contributed by atoms with Crippen LogP contribution in [0.25, 0.3) is 0 Å². The van der Waals surface area contributed by atoms with E-state index in [9.17, 15) is 14.4 Å². The number of halogens is 1. The summed E-state index contributed by atoms with van der Waals surface area (Å²) in [6.07, 6.45) is 2.21. The smallest absolute Gasteiger partial charge is 0.234 e. The average Bonchev–Trinajstić information content (AvgIpc) is 3.31. The molecule has 2 atom stereocenters. The number of rotatable bonds is 6. The van der Waals surface area contributed by atoms with Crippen LogP contribution < -0.4 is 0 Å². The van der Waals surface area contributed by atoms with Gasteiger partial charge in [-0.1, -0.05) is 28.1 Å². The summed E-state index contributed by atoms with van der Waals surface area (Å²) >= 11 is 3.44. The number of nitrogens with zero attached hydrogens (tertiary/aromatic N) is 3. The Morgan fingerprint density at radius 2 is 1.63 bits per heavy atom. The second-order valence-corrected chi connectivity index (χ2v) is 8.62. The molecular weight excluding hydrogens is 410 g/mol. The van der Waals surface area contributed by atoms with E-state index in [-0.39, 0.29) is 29.6 Å². The monoisotopic (exact) mass is 433 g/mol. The number of imide groups is 1. The van der Waals surface area contributed by atoms with Crippen LogP contribution in [0.2, 0.25) is 0 Å². The Bertz CT molecular complexity index is 727. The zero-order valence-corrected chi connectivity index (χ0v) is 16.9. The number of carbonyl (C=O) groups excluding carboxylic acids is 3. The van der Waals surface area contributed by atoms with E-state index in [2.05, 4.69) is 33.0 Å². The van der Waals surface area contributed by atoms with Gasteiger partial charge in [-0.25, -0.2) is 0 Å². The Labute approximate surface area is 167 Å². The third kappa shape index (κ3) is 3.80. The minimum Gasteiger partial charge on any atom is -0.343 e. The summed E-state index contributed by atoms with van der Waals surface area (Å²) in [6.45, 7) is 3.93. The third-order valence-electron chi connectivity index (χ3n) is 5.86. The highest BCUT2D eigenvalue weighted by Gasteiger charge is 2.51. The largest absolute Gasteiger partial charge is 0.343 e. The van der Waals surface area contributed by atoms with Gasteiger partial charge >= 0.3 is 0 Å². The quantitative estimate of drug-likeness (QED) is 0.642. The highest BCUT2D eigenvalue weighted by atomic mass is 79.9. The number of fused-ring (bicyclic) bond motifs is 1. The molecule has 0 bridgehead atoms. The lowest BCUT2D eigenvalue weighted by molar-refractivity contribution is -0.140. The number of hydrogen-bond acceptors (Lipinski definition) is 4. The highest BCUT2D eigenvalue weighted by Crippen LogP contribution is 2.34. The van der Waals surface area contributed by atoms with Crippen LogP contribution in [0.3, 0.4) is 0 Å². The molecule has 0 unspecified atom stereocenters. The number of amides is 3. The van der Waals surface area contributed by atoms with Gasteiger partial charge in [0.25, 0.3) is 0 Å². The molecule has 4 rings (SSSR count). The van der Waals surface area contributed by atoms with Gasteiger partial charge in [-0.3, -0.25) is 24.2 Å². The SMILES string of the molecule is O=C1CCCN1CCCN1C(=O)[C@H]2CN(Cc3ccc(Br)cc3)C[C@H]2C1=O. The van der Waals surface area contributed by atoms with Crippen LogP contribution in [-0.4, -0.2) is 65.1 Å². The van der Waals surface area contributed by atoms with Crippen LogP contribution in [0.5, 0.6) is 0 Å². The van der Waals surface area contributed by atoms with Crippen LogP contribution in [0, 0.1) is 11.8 Å². The van der Waals surface area contributed by atoms with Gasteiger partial charge in [0.2, 0.25) is 17.7 Å². The second-order valence-electron chi connectivity index (χ2n) is 7.70. The minimum atomic E-state index is -0.207. The lowest BCUT2D eigenvalue weighted by Gasteiger charge is -2.22. The molecule has 1 aromatic rings. The average molecular weight is 434 g/mol. The van der Waals surface area contributed by atoms with Crippen molar-refractivity contribution in [3.8, 4) is 0 Å². The molecule has 3 aliphatic rings. The van der Waals surface area contributed by atoms with Crippen LogP contribution in [-0.2, 0) is 20.9 Å². The van der Waals surface area contributed by atoms with E-state index in [0.717, 1.165) is 24.0 Å². The molecule has 0 aliphatic carbocycles. The molecule has 3 heterocycles. The number of carbonyl (C=O) groups is 3. The maximum atomic E-state index is 12.7. The normalized spacial score (nSPS) is 25.7. The van der Waals surface area contributed by atoms with Crippen molar-refractivity contribution < 1.29 is 14.4 Å². The van der Waals surface area contributed by atoms with E-state index in [4.69, 9.17) is 0 Å². The molecule has 0 N–H and O–H groups in total. The van der Waals surface area contributed by atoms with Crippen LogP contribution in [0.15, 0.2) is 28.7 Å². The van der Waals surface area contributed by atoms with Crippen LogP contribution in [0.1, 0.15) is 24.8 Å². The predicted molar refractivity (Wildman–Crippen MR) is 104 cm³/mol. The van der Waals surface area contributed by atoms with E-state index >= 15 is 0 Å². The fraction of sp³-hybridized carbons (Fsp3) is 0.550. The first-order valence-electron chi connectivity index (χ1n) is 9.63. The van der Waals surface area contributed by atoms with E-state index in [0.29, 0.717) is 39.0 Å². The fourth-order valence-electron chi connectivity index (χ4n) is 4.45. The van der Waals surface area contributed by atoms with E-state index in [1.807, 2.05) is 17.0 Å². The molecule has 3 saturated heterocycles. The molecule has 3 fully saturated rings. The summed E-state index contributed by atoms with van der Waals surface area (Å²) in [4.78, 5) is 42.6. The first-order valence-corrected chi connectivity index (χ1v) is 10.4. The predicted octanol–water partition coefficient (Wildman–Crippen LogP) is 1.88. The lowest BCUT2D eigenvalue weighted by Crippen LogP contribution is -2.38. The zero-order chi connectivity index (χ0) is 19.0.